The van der Waals surface area contributed by atoms with Gasteiger partial charge in [0.05, 0.1) is 5.69 Å². The molecule has 0 saturated carbocycles. The van der Waals surface area contributed by atoms with Crippen molar-refractivity contribution in [1.29, 1.82) is 0 Å². The maximum Gasteiger partial charge on any atom is 0.267 e. The minimum Gasteiger partial charge on any atom is -0.396 e. The Morgan fingerprint density at radius 2 is 2.04 bits per heavy atom. The second-order valence-corrected chi connectivity index (χ2v) is 8.47. The van der Waals surface area contributed by atoms with E-state index >= 15 is 0 Å². The average Bonchev–Trinajstić information content (AvgIpc) is 3.04. The van der Waals surface area contributed by atoms with Crippen LogP contribution in [0.5, 0.6) is 0 Å². The first-order chi connectivity index (χ1) is 12.6. The van der Waals surface area contributed by atoms with Crippen LogP contribution in [0.2, 0.25) is 0 Å². The van der Waals surface area contributed by atoms with Crippen LogP contribution in [0.15, 0.2) is 0 Å². The lowest BCUT2D eigenvalue weighted by atomic mass is 9.89. The average molecular weight is 382 g/mol. The van der Waals surface area contributed by atoms with E-state index < -0.39 is 0 Å². The SMILES string of the molecule is CCc1nnsc1C(=O)N1C[C@H](CO)C[C@@H](CN2CCCN(C)CC2)C1. The molecule has 2 fully saturated rings. The standard InChI is InChI=1S/C18H31N5O2S/c1-3-16-17(26-20-19-16)18(25)23-11-14(9-15(12-23)13-24)10-22-6-4-5-21(2)7-8-22/h14-15,24H,3-13H2,1-2H3/t14-,15+/m0/s1. The van der Waals surface area contributed by atoms with Gasteiger partial charge in [-0.05, 0) is 62.8 Å². The minimum absolute atomic E-state index is 0.0376. The van der Waals surface area contributed by atoms with Crippen LogP contribution in [0.3, 0.4) is 0 Å². The van der Waals surface area contributed by atoms with Crippen LogP contribution in [-0.4, -0.2) is 94.8 Å². The molecule has 146 valence electrons. The van der Waals surface area contributed by atoms with Gasteiger partial charge in [-0.1, -0.05) is 11.4 Å². The summed E-state index contributed by atoms with van der Waals surface area (Å²) in [6, 6.07) is 0. The molecule has 0 spiro atoms. The second-order valence-electron chi connectivity index (χ2n) is 7.72. The van der Waals surface area contributed by atoms with Gasteiger partial charge in [-0.2, -0.15) is 0 Å². The van der Waals surface area contributed by atoms with Gasteiger partial charge in [0.1, 0.15) is 4.88 Å². The summed E-state index contributed by atoms with van der Waals surface area (Å²) in [5.41, 5.74) is 0.790. The summed E-state index contributed by atoms with van der Waals surface area (Å²) in [7, 11) is 2.18. The van der Waals surface area contributed by atoms with E-state index in [2.05, 4.69) is 26.4 Å². The molecular weight excluding hydrogens is 350 g/mol. The summed E-state index contributed by atoms with van der Waals surface area (Å²) in [5.74, 6) is 0.619. The van der Waals surface area contributed by atoms with Gasteiger partial charge in [-0.25, -0.2) is 0 Å². The number of rotatable bonds is 5. The maximum atomic E-state index is 13.0. The molecule has 8 heteroatoms. The number of piperidine rings is 1. The minimum atomic E-state index is 0.0376. The number of amides is 1. The van der Waals surface area contributed by atoms with Gasteiger partial charge in [0, 0.05) is 39.3 Å². The predicted octanol–water partition coefficient (Wildman–Crippen LogP) is 0.809. The molecule has 1 N–H and O–H groups in total. The molecule has 7 nitrogen and oxygen atoms in total. The van der Waals surface area contributed by atoms with Gasteiger partial charge < -0.3 is 19.8 Å². The van der Waals surface area contributed by atoms with E-state index in [1.807, 2.05) is 11.8 Å². The number of likely N-dealkylation sites (tertiary alicyclic amines) is 1. The third-order valence-electron chi connectivity index (χ3n) is 5.58. The Hall–Kier alpha value is -1.09. The van der Waals surface area contributed by atoms with E-state index in [0.717, 1.165) is 57.8 Å². The zero-order valence-electron chi connectivity index (χ0n) is 15.9. The van der Waals surface area contributed by atoms with Crippen LogP contribution in [0.25, 0.3) is 0 Å². The molecule has 1 aromatic rings. The van der Waals surface area contributed by atoms with Gasteiger partial charge in [-0.3, -0.25) is 4.79 Å². The number of nitrogens with zero attached hydrogens (tertiary/aromatic N) is 5. The smallest absolute Gasteiger partial charge is 0.267 e. The van der Waals surface area contributed by atoms with E-state index in [1.165, 1.54) is 18.0 Å². The van der Waals surface area contributed by atoms with Gasteiger partial charge in [-0.15, -0.1) is 5.10 Å². The maximum absolute atomic E-state index is 13.0. The topological polar surface area (TPSA) is 72.8 Å². The first kappa shape index (κ1) is 19.7. The fourth-order valence-corrected chi connectivity index (χ4v) is 4.86. The number of hydrogen-bond acceptors (Lipinski definition) is 7. The molecule has 0 aliphatic carbocycles. The van der Waals surface area contributed by atoms with Gasteiger partial charge in [0.25, 0.3) is 5.91 Å². The van der Waals surface area contributed by atoms with Crippen molar-refractivity contribution in [2.75, 3.05) is 59.5 Å². The molecular formula is C18H31N5O2S. The molecule has 2 aliphatic heterocycles. The molecule has 1 aromatic heterocycles. The summed E-state index contributed by atoms with van der Waals surface area (Å²) in [5, 5.41) is 13.8. The quantitative estimate of drug-likeness (QED) is 0.814. The Morgan fingerprint density at radius 1 is 1.23 bits per heavy atom. The van der Waals surface area contributed by atoms with Crippen LogP contribution in [0, 0.1) is 11.8 Å². The number of aliphatic hydroxyl groups is 1. The highest BCUT2D eigenvalue weighted by molar-refractivity contribution is 7.08. The Morgan fingerprint density at radius 3 is 2.81 bits per heavy atom. The molecule has 0 bridgehead atoms. The number of aliphatic hydroxyl groups excluding tert-OH is 1. The first-order valence-electron chi connectivity index (χ1n) is 9.73. The van der Waals surface area contributed by atoms with Crippen molar-refractivity contribution >= 4 is 17.4 Å². The largest absolute Gasteiger partial charge is 0.396 e. The third-order valence-corrected chi connectivity index (χ3v) is 6.34. The summed E-state index contributed by atoms with van der Waals surface area (Å²) in [6.45, 7) is 9.02. The highest BCUT2D eigenvalue weighted by Gasteiger charge is 2.33. The molecule has 2 aliphatic rings. The summed E-state index contributed by atoms with van der Waals surface area (Å²) < 4.78 is 3.96. The van der Waals surface area contributed by atoms with Crippen molar-refractivity contribution in [3.63, 3.8) is 0 Å². The van der Waals surface area contributed by atoms with E-state index in [0.29, 0.717) is 17.3 Å². The summed E-state index contributed by atoms with van der Waals surface area (Å²) in [4.78, 5) is 20.5. The molecule has 2 atom stereocenters. The van der Waals surface area contributed by atoms with Crippen LogP contribution in [-0.2, 0) is 6.42 Å². The molecule has 3 heterocycles. The first-order valence-corrected chi connectivity index (χ1v) is 10.5. The van der Waals surface area contributed by atoms with Crippen molar-refractivity contribution < 1.29 is 9.90 Å². The Kier molecular flexibility index (Phi) is 6.97. The normalized spacial score (nSPS) is 26.0. The number of aromatic nitrogens is 2. The molecule has 2 saturated heterocycles. The molecule has 0 radical (unpaired) electrons. The summed E-state index contributed by atoms with van der Waals surface area (Å²) >= 11 is 1.19. The van der Waals surface area contributed by atoms with Crippen LogP contribution >= 0.6 is 11.5 Å². The zero-order valence-corrected chi connectivity index (χ0v) is 16.7. The number of likely N-dealkylation sites (N-methyl/N-ethyl adjacent to an activating group) is 1. The van der Waals surface area contributed by atoms with Crippen molar-refractivity contribution in [2.45, 2.75) is 26.2 Å². The number of aryl methyl sites for hydroxylation is 1. The molecule has 3 rings (SSSR count). The lowest BCUT2D eigenvalue weighted by Gasteiger charge is -2.39. The van der Waals surface area contributed by atoms with Crippen LogP contribution in [0.1, 0.15) is 35.1 Å². The van der Waals surface area contributed by atoms with Gasteiger partial charge in [0.15, 0.2) is 0 Å². The van der Waals surface area contributed by atoms with Crippen molar-refractivity contribution in [1.82, 2.24) is 24.3 Å². The molecule has 1 amide bonds. The fraction of sp³-hybridized carbons (Fsp3) is 0.833. The van der Waals surface area contributed by atoms with Crippen molar-refractivity contribution in [3.05, 3.63) is 10.6 Å². The molecule has 0 unspecified atom stereocenters. The zero-order chi connectivity index (χ0) is 18.5. The van der Waals surface area contributed by atoms with Gasteiger partial charge in [0.2, 0.25) is 0 Å². The lowest BCUT2D eigenvalue weighted by Crippen LogP contribution is -2.48. The third kappa shape index (κ3) is 4.79. The van der Waals surface area contributed by atoms with Crippen LogP contribution in [0.4, 0.5) is 0 Å². The van der Waals surface area contributed by atoms with Crippen molar-refractivity contribution in [2.24, 2.45) is 11.8 Å². The molecule has 26 heavy (non-hydrogen) atoms. The Balaban J connectivity index is 1.65. The molecule has 0 aromatic carbocycles. The number of carbonyl (C=O) groups is 1. The van der Waals surface area contributed by atoms with Crippen molar-refractivity contribution in [3.8, 4) is 0 Å². The summed E-state index contributed by atoms with van der Waals surface area (Å²) in [6.07, 6.45) is 2.91. The Labute approximate surface area is 160 Å². The van der Waals surface area contributed by atoms with Crippen LogP contribution < -0.4 is 0 Å². The van der Waals surface area contributed by atoms with E-state index in [1.54, 1.807) is 0 Å². The predicted molar refractivity (Wildman–Crippen MR) is 102 cm³/mol. The van der Waals surface area contributed by atoms with E-state index in [-0.39, 0.29) is 18.4 Å². The number of carbonyl (C=O) groups excluding carboxylic acids is 1. The van der Waals surface area contributed by atoms with E-state index in [9.17, 15) is 9.90 Å². The lowest BCUT2D eigenvalue weighted by molar-refractivity contribution is 0.0457. The Bertz CT molecular complexity index is 596. The van der Waals surface area contributed by atoms with E-state index in [4.69, 9.17) is 0 Å². The monoisotopic (exact) mass is 381 g/mol. The number of hydrogen-bond donors (Lipinski definition) is 1. The fourth-order valence-electron chi connectivity index (χ4n) is 4.14. The van der Waals surface area contributed by atoms with Gasteiger partial charge >= 0.3 is 0 Å². The highest BCUT2D eigenvalue weighted by Crippen LogP contribution is 2.26. The highest BCUT2D eigenvalue weighted by atomic mass is 32.1. The second kappa shape index (κ2) is 9.21.